The average molecular weight is 206 g/mol. The van der Waals surface area contributed by atoms with E-state index >= 15 is 0 Å². The number of nitrogens with zero attached hydrogens (tertiary/aromatic N) is 2. The largest absolute Gasteiger partial charge is 0.346 e. The van der Waals surface area contributed by atoms with E-state index in [0.29, 0.717) is 12.5 Å². The van der Waals surface area contributed by atoms with Crippen LogP contribution in [0.3, 0.4) is 0 Å². The SMILES string of the molecule is C=C(C)CNC(=O)c1n[nH]c(C2CC2)n1. The lowest BCUT2D eigenvalue weighted by atomic mass is 10.3. The molecule has 1 amide bonds. The maximum absolute atomic E-state index is 11.5. The Morgan fingerprint density at radius 2 is 2.40 bits per heavy atom. The molecule has 1 aromatic rings. The Balaban J connectivity index is 1.95. The van der Waals surface area contributed by atoms with E-state index in [9.17, 15) is 4.79 Å². The van der Waals surface area contributed by atoms with Gasteiger partial charge in [-0.3, -0.25) is 9.89 Å². The maximum atomic E-state index is 11.5. The molecule has 0 atom stereocenters. The number of carbonyl (C=O) groups is 1. The van der Waals surface area contributed by atoms with Crippen molar-refractivity contribution in [3.05, 3.63) is 23.8 Å². The van der Waals surface area contributed by atoms with Gasteiger partial charge in [-0.1, -0.05) is 12.2 Å². The monoisotopic (exact) mass is 206 g/mol. The van der Waals surface area contributed by atoms with Gasteiger partial charge in [-0.15, -0.1) is 5.10 Å². The number of aromatic amines is 1. The summed E-state index contributed by atoms with van der Waals surface area (Å²) in [6.07, 6.45) is 2.28. The van der Waals surface area contributed by atoms with Gasteiger partial charge in [0.2, 0.25) is 5.82 Å². The normalized spacial score (nSPS) is 15.0. The third-order valence-corrected chi connectivity index (χ3v) is 2.22. The highest BCUT2D eigenvalue weighted by Crippen LogP contribution is 2.37. The molecule has 1 aliphatic rings. The predicted octanol–water partition coefficient (Wildman–Crippen LogP) is 0.988. The van der Waals surface area contributed by atoms with Crippen molar-refractivity contribution in [2.24, 2.45) is 0 Å². The molecule has 2 N–H and O–H groups in total. The van der Waals surface area contributed by atoms with Gasteiger partial charge in [0.05, 0.1) is 0 Å². The van der Waals surface area contributed by atoms with E-state index in [-0.39, 0.29) is 11.7 Å². The number of carbonyl (C=O) groups excluding carboxylic acids is 1. The summed E-state index contributed by atoms with van der Waals surface area (Å²) >= 11 is 0. The van der Waals surface area contributed by atoms with Crippen molar-refractivity contribution >= 4 is 5.91 Å². The maximum Gasteiger partial charge on any atom is 0.291 e. The molecule has 1 fully saturated rings. The first-order chi connectivity index (χ1) is 7.16. The van der Waals surface area contributed by atoms with Gasteiger partial charge in [-0.2, -0.15) is 0 Å². The van der Waals surface area contributed by atoms with Crippen LogP contribution >= 0.6 is 0 Å². The van der Waals surface area contributed by atoms with Gasteiger partial charge in [0.1, 0.15) is 5.82 Å². The summed E-state index contributed by atoms with van der Waals surface area (Å²) in [7, 11) is 0. The summed E-state index contributed by atoms with van der Waals surface area (Å²) in [6.45, 7) is 6.02. The molecule has 5 nitrogen and oxygen atoms in total. The first-order valence-electron chi connectivity index (χ1n) is 5.01. The van der Waals surface area contributed by atoms with Gasteiger partial charge in [0, 0.05) is 12.5 Å². The van der Waals surface area contributed by atoms with Crippen molar-refractivity contribution in [3.8, 4) is 0 Å². The first kappa shape index (κ1) is 9.89. The summed E-state index contributed by atoms with van der Waals surface area (Å²) in [5.41, 5.74) is 0.904. The smallest absolute Gasteiger partial charge is 0.291 e. The minimum Gasteiger partial charge on any atom is -0.346 e. The Morgan fingerprint density at radius 3 is 3.00 bits per heavy atom. The highest BCUT2D eigenvalue weighted by Gasteiger charge is 2.28. The van der Waals surface area contributed by atoms with Crippen LogP contribution in [0.4, 0.5) is 0 Å². The molecule has 0 radical (unpaired) electrons. The van der Waals surface area contributed by atoms with Crippen molar-refractivity contribution in [2.75, 3.05) is 6.54 Å². The van der Waals surface area contributed by atoms with Crippen LogP contribution in [0.5, 0.6) is 0 Å². The number of hydrogen-bond acceptors (Lipinski definition) is 3. The van der Waals surface area contributed by atoms with Crippen LogP contribution in [0.25, 0.3) is 0 Å². The van der Waals surface area contributed by atoms with E-state index in [1.54, 1.807) is 0 Å². The first-order valence-corrected chi connectivity index (χ1v) is 5.01. The number of H-pyrrole nitrogens is 1. The number of nitrogens with one attached hydrogen (secondary N) is 2. The molecule has 0 bridgehead atoms. The molecular formula is C10H14N4O. The molecule has 1 aromatic heterocycles. The van der Waals surface area contributed by atoms with E-state index in [4.69, 9.17) is 0 Å². The molecule has 1 aliphatic carbocycles. The summed E-state index contributed by atoms with van der Waals surface area (Å²) in [5, 5.41) is 9.36. The molecular weight excluding hydrogens is 192 g/mol. The minimum absolute atomic E-state index is 0.221. The third-order valence-electron chi connectivity index (χ3n) is 2.22. The molecule has 1 saturated carbocycles. The van der Waals surface area contributed by atoms with Crippen LogP contribution in [0, 0.1) is 0 Å². The zero-order valence-corrected chi connectivity index (χ0v) is 8.71. The molecule has 0 unspecified atom stereocenters. The lowest BCUT2D eigenvalue weighted by molar-refractivity contribution is 0.0947. The van der Waals surface area contributed by atoms with Gasteiger partial charge in [-0.05, 0) is 19.8 Å². The van der Waals surface area contributed by atoms with Gasteiger partial charge in [0.15, 0.2) is 0 Å². The van der Waals surface area contributed by atoms with Crippen LogP contribution in [0.2, 0.25) is 0 Å². The molecule has 15 heavy (non-hydrogen) atoms. The summed E-state index contributed by atoms with van der Waals surface area (Å²) in [6, 6.07) is 0. The Morgan fingerprint density at radius 1 is 1.67 bits per heavy atom. The zero-order valence-electron chi connectivity index (χ0n) is 8.71. The molecule has 0 aromatic carbocycles. The molecule has 80 valence electrons. The second kappa shape index (κ2) is 3.84. The number of amides is 1. The van der Waals surface area contributed by atoms with Crippen molar-refractivity contribution < 1.29 is 4.79 Å². The van der Waals surface area contributed by atoms with Crippen LogP contribution < -0.4 is 5.32 Å². The van der Waals surface area contributed by atoms with Gasteiger partial charge >= 0.3 is 0 Å². The molecule has 5 heteroatoms. The predicted molar refractivity (Wildman–Crippen MR) is 55.5 cm³/mol. The van der Waals surface area contributed by atoms with Crippen LogP contribution in [0.1, 0.15) is 42.1 Å². The van der Waals surface area contributed by atoms with E-state index in [1.807, 2.05) is 6.92 Å². The molecule has 1 heterocycles. The van der Waals surface area contributed by atoms with Gasteiger partial charge < -0.3 is 5.32 Å². The van der Waals surface area contributed by atoms with Gasteiger partial charge in [-0.25, -0.2) is 4.98 Å². The van der Waals surface area contributed by atoms with E-state index in [2.05, 4.69) is 27.1 Å². The number of hydrogen-bond donors (Lipinski definition) is 2. The minimum atomic E-state index is -0.249. The van der Waals surface area contributed by atoms with E-state index < -0.39 is 0 Å². The van der Waals surface area contributed by atoms with Crippen LogP contribution in [-0.2, 0) is 0 Å². The molecule has 0 spiro atoms. The fourth-order valence-electron chi connectivity index (χ4n) is 1.23. The summed E-state index contributed by atoms with van der Waals surface area (Å²) in [4.78, 5) is 15.6. The fraction of sp³-hybridized carbons (Fsp3) is 0.500. The average Bonchev–Trinajstić information content (AvgIpc) is 2.93. The van der Waals surface area contributed by atoms with Gasteiger partial charge in [0.25, 0.3) is 5.91 Å². The highest BCUT2D eigenvalue weighted by molar-refractivity contribution is 5.90. The van der Waals surface area contributed by atoms with E-state index in [1.165, 1.54) is 0 Å². The Hall–Kier alpha value is -1.65. The Kier molecular flexibility index (Phi) is 2.53. The standard InChI is InChI=1S/C10H14N4O/c1-6(2)5-11-10(15)9-12-8(13-14-9)7-3-4-7/h7H,1,3-5H2,2H3,(H,11,15)(H,12,13,14). The van der Waals surface area contributed by atoms with E-state index in [0.717, 1.165) is 24.2 Å². The van der Waals surface area contributed by atoms with Crippen LogP contribution in [0.15, 0.2) is 12.2 Å². The summed E-state index contributed by atoms with van der Waals surface area (Å²) < 4.78 is 0. The van der Waals surface area contributed by atoms with Crippen molar-refractivity contribution in [3.63, 3.8) is 0 Å². The second-order valence-electron chi connectivity index (χ2n) is 3.96. The zero-order chi connectivity index (χ0) is 10.8. The number of rotatable bonds is 4. The second-order valence-corrected chi connectivity index (χ2v) is 3.96. The van der Waals surface area contributed by atoms with Crippen molar-refractivity contribution in [1.82, 2.24) is 20.5 Å². The lowest BCUT2D eigenvalue weighted by Crippen LogP contribution is -2.25. The Labute approximate surface area is 88.0 Å². The quantitative estimate of drug-likeness (QED) is 0.721. The third kappa shape index (κ3) is 2.43. The fourth-order valence-corrected chi connectivity index (χ4v) is 1.23. The topological polar surface area (TPSA) is 70.7 Å². The molecule has 0 saturated heterocycles. The highest BCUT2D eigenvalue weighted by atomic mass is 16.2. The lowest BCUT2D eigenvalue weighted by Gasteiger charge is -1.99. The Bertz CT molecular complexity index is 392. The summed E-state index contributed by atoms with van der Waals surface area (Å²) in [5.74, 6) is 1.29. The number of aromatic nitrogens is 3. The van der Waals surface area contributed by atoms with Crippen molar-refractivity contribution in [1.29, 1.82) is 0 Å². The molecule has 2 rings (SSSR count). The molecule has 0 aliphatic heterocycles. The van der Waals surface area contributed by atoms with Crippen molar-refractivity contribution in [2.45, 2.75) is 25.7 Å². The van der Waals surface area contributed by atoms with Crippen LogP contribution in [-0.4, -0.2) is 27.6 Å².